The molecule has 2 rings (SSSR count). The summed E-state index contributed by atoms with van der Waals surface area (Å²) in [5, 5.41) is 7.53. The predicted octanol–water partition coefficient (Wildman–Crippen LogP) is 1.16. The molecule has 0 saturated carbocycles. The first-order valence-electron chi connectivity index (χ1n) is 5.96. The van der Waals surface area contributed by atoms with Crippen molar-refractivity contribution in [3.63, 3.8) is 0 Å². The first kappa shape index (κ1) is 12.6. The van der Waals surface area contributed by atoms with E-state index in [0.717, 1.165) is 19.5 Å². The monoisotopic (exact) mass is 246 g/mol. The van der Waals surface area contributed by atoms with E-state index in [-0.39, 0.29) is 0 Å². The molecule has 1 N–H and O–H groups in total. The topological polar surface area (TPSA) is 52.0 Å². The van der Waals surface area contributed by atoms with E-state index in [4.69, 9.17) is 4.74 Å². The molecule has 2 aromatic rings. The highest BCUT2D eigenvalue weighted by atomic mass is 16.5. The summed E-state index contributed by atoms with van der Waals surface area (Å²) in [5.74, 6) is 0.654. The van der Waals surface area contributed by atoms with Crippen molar-refractivity contribution in [1.82, 2.24) is 20.1 Å². The van der Waals surface area contributed by atoms with Crippen LogP contribution in [0.2, 0.25) is 0 Å². The number of nitrogens with zero attached hydrogens (tertiary/aromatic N) is 3. The number of rotatable bonds is 6. The lowest BCUT2D eigenvalue weighted by Gasteiger charge is -2.06. The SMILES string of the molecule is COc1cc(CNCCc2ccnn2C)ccn1. The first-order valence-corrected chi connectivity index (χ1v) is 5.96. The summed E-state index contributed by atoms with van der Waals surface area (Å²) in [7, 11) is 3.59. The summed E-state index contributed by atoms with van der Waals surface area (Å²) in [6, 6.07) is 5.97. The van der Waals surface area contributed by atoms with Crippen molar-refractivity contribution in [2.75, 3.05) is 13.7 Å². The molecule has 0 radical (unpaired) electrons. The Kier molecular flexibility index (Phi) is 4.30. The molecule has 0 aliphatic heterocycles. The summed E-state index contributed by atoms with van der Waals surface area (Å²) in [5.41, 5.74) is 2.40. The fraction of sp³-hybridized carbons (Fsp3) is 0.385. The Morgan fingerprint density at radius 2 is 2.22 bits per heavy atom. The zero-order chi connectivity index (χ0) is 12.8. The summed E-state index contributed by atoms with van der Waals surface area (Å²) < 4.78 is 6.99. The van der Waals surface area contributed by atoms with Crippen LogP contribution in [0.5, 0.6) is 5.88 Å². The minimum atomic E-state index is 0.654. The second-order valence-electron chi connectivity index (χ2n) is 4.08. The molecular formula is C13H18N4O. The van der Waals surface area contributed by atoms with Crippen LogP contribution < -0.4 is 10.1 Å². The molecule has 0 fully saturated rings. The number of methoxy groups -OCH3 is 1. The Morgan fingerprint density at radius 3 is 2.94 bits per heavy atom. The molecule has 0 aliphatic carbocycles. The number of aryl methyl sites for hydroxylation is 1. The molecule has 0 unspecified atom stereocenters. The fourth-order valence-electron chi connectivity index (χ4n) is 1.77. The maximum atomic E-state index is 5.09. The molecule has 0 bridgehead atoms. The van der Waals surface area contributed by atoms with Crippen LogP contribution in [0.1, 0.15) is 11.3 Å². The van der Waals surface area contributed by atoms with Crippen LogP contribution in [-0.2, 0) is 20.0 Å². The molecule has 0 saturated heterocycles. The zero-order valence-electron chi connectivity index (χ0n) is 10.8. The van der Waals surface area contributed by atoms with Gasteiger partial charge in [0.05, 0.1) is 7.11 Å². The molecule has 2 aromatic heterocycles. The van der Waals surface area contributed by atoms with Gasteiger partial charge in [-0.15, -0.1) is 0 Å². The molecule has 0 atom stereocenters. The standard InChI is InChI=1S/C13H18N4O/c1-17-12(5-8-16-17)4-6-14-10-11-3-7-15-13(9-11)18-2/h3,5,7-9,14H,4,6,10H2,1-2H3. The molecule has 0 aliphatic rings. The zero-order valence-corrected chi connectivity index (χ0v) is 10.8. The number of ether oxygens (including phenoxy) is 1. The maximum Gasteiger partial charge on any atom is 0.213 e. The Labute approximate surface area is 107 Å². The summed E-state index contributed by atoms with van der Waals surface area (Å²) in [4.78, 5) is 4.08. The van der Waals surface area contributed by atoms with Crippen molar-refractivity contribution < 1.29 is 4.74 Å². The van der Waals surface area contributed by atoms with Gasteiger partial charge in [-0.3, -0.25) is 4.68 Å². The highest BCUT2D eigenvalue weighted by Gasteiger charge is 1.99. The highest BCUT2D eigenvalue weighted by molar-refractivity contribution is 5.20. The van der Waals surface area contributed by atoms with Crippen LogP contribution in [0.3, 0.4) is 0 Å². The van der Waals surface area contributed by atoms with Crippen molar-refractivity contribution in [2.45, 2.75) is 13.0 Å². The van der Waals surface area contributed by atoms with E-state index in [1.807, 2.05) is 36.1 Å². The maximum absolute atomic E-state index is 5.09. The van der Waals surface area contributed by atoms with Crippen molar-refractivity contribution in [1.29, 1.82) is 0 Å². The van der Waals surface area contributed by atoms with Crippen molar-refractivity contribution in [2.24, 2.45) is 7.05 Å². The van der Waals surface area contributed by atoms with E-state index < -0.39 is 0 Å². The van der Waals surface area contributed by atoms with Gasteiger partial charge in [0, 0.05) is 50.7 Å². The molecular weight excluding hydrogens is 228 g/mol. The van der Waals surface area contributed by atoms with E-state index in [1.165, 1.54) is 11.3 Å². The lowest BCUT2D eigenvalue weighted by Crippen LogP contribution is -2.18. The molecule has 96 valence electrons. The smallest absolute Gasteiger partial charge is 0.213 e. The van der Waals surface area contributed by atoms with E-state index >= 15 is 0 Å². The van der Waals surface area contributed by atoms with Crippen LogP contribution in [0, 0.1) is 0 Å². The summed E-state index contributed by atoms with van der Waals surface area (Å²) in [6.45, 7) is 1.74. The van der Waals surface area contributed by atoms with Gasteiger partial charge in [0.15, 0.2) is 0 Å². The van der Waals surface area contributed by atoms with Gasteiger partial charge in [-0.05, 0) is 17.7 Å². The Hall–Kier alpha value is -1.88. The third kappa shape index (κ3) is 3.30. The quantitative estimate of drug-likeness (QED) is 0.777. The van der Waals surface area contributed by atoms with E-state index in [2.05, 4.69) is 15.4 Å². The van der Waals surface area contributed by atoms with Crippen LogP contribution in [0.25, 0.3) is 0 Å². The van der Waals surface area contributed by atoms with Crippen LogP contribution in [0.4, 0.5) is 0 Å². The fourth-order valence-corrected chi connectivity index (χ4v) is 1.77. The minimum absolute atomic E-state index is 0.654. The van der Waals surface area contributed by atoms with Gasteiger partial charge in [0.25, 0.3) is 0 Å². The third-order valence-electron chi connectivity index (χ3n) is 2.82. The van der Waals surface area contributed by atoms with Gasteiger partial charge >= 0.3 is 0 Å². The Balaban J connectivity index is 1.76. The third-order valence-corrected chi connectivity index (χ3v) is 2.82. The molecule has 0 aromatic carbocycles. The van der Waals surface area contributed by atoms with Crippen molar-refractivity contribution in [3.05, 3.63) is 41.9 Å². The van der Waals surface area contributed by atoms with Gasteiger partial charge in [-0.25, -0.2) is 4.98 Å². The second-order valence-corrected chi connectivity index (χ2v) is 4.08. The predicted molar refractivity (Wildman–Crippen MR) is 69.4 cm³/mol. The molecule has 5 nitrogen and oxygen atoms in total. The van der Waals surface area contributed by atoms with E-state index in [1.54, 1.807) is 13.3 Å². The van der Waals surface area contributed by atoms with E-state index in [9.17, 15) is 0 Å². The molecule has 0 amide bonds. The Bertz CT molecular complexity index is 495. The number of hydrogen-bond acceptors (Lipinski definition) is 4. The van der Waals surface area contributed by atoms with Gasteiger partial charge in [-0.1, -0.05) is 0 Å². The van der Waals surface area contributed by atoms with Crippen molar-refractivity contribution in [3.8, 4) is 5.88 Å². The molecule has 5 heteroatoms. The molecule has 18 heavy (non-hydrogen) atoms. The minimum Gasteiger partial charge on any atom is -0.481 e. The van der Waals surface area contributed by atoms with Crippen LogP contribution in [-0.4, -0.2) is 28.4 Å². The first-order chi connectivity index (χ1) is 8.79. The van der Waals surface area contributed by atoms with Gasteiger partial charge < -0.3 is 10.1 Å². The second kappa shape index (κ2) is 6.16. The van der Waals surface area contributed by atoms with E-state index in [0.29, 0.717) is 5.88 Å². The lowest BCUT2D eigenvalue weighted by atomic mass is 10.2. The number of aromatic nitrogens is 3. The van der Waals surface area contributed by atoms with Crippen LogP contribution in [0.15, 0.2) is 30.6 Å². The summed E-state index contributed by atoms with van der Waals surface area (Å²) in [6.07, 6.45) is 4.55. The number of nitrogens with one attached hydrogen (secondary N) is 1. The lowest BCUT2D eigenvalue weighted by molar-refractivity contribution is 0.397. The van der Waals surface area contributed by atoms with Gasteiger partial charge in [-0.2, -0.15) is 5.10 Å². The summed E-state index contributed by atoms with van der Waals surface area (Å²) >= 11 is 0. The Morgan fingerprint density at radius 1 is 1.33 bits per heavy atom. The molecule has 2 heterocycles. The average molecular weight is 246 g/mol. The highest BCUT2D eigenvalue weighted by Crippen LogP contribution is 2.08. The van der Waals surface area contributed by atoms with Crippen LogP contribution >= 0.6 is 0 Å². The number of hydrogen-bond donors (Lipinski definition) is 1. The largest absolute Gasteiger partial charge is 0.481 e. The van der Waals surface area contributed by atoms with Crippen molar-refractivity contribution >= 4 is 0 Å². The molecule has 0 spiro atoms. The van der Waals surface area contributed by atoms with Gasteiger partial charge in [0.1, 0.15) is 0 Å². The average Bonchev–Trinajstić information content (AvgIpc) is 2.81. The normalized spacial score (nSPS) is 10.6. The number of pyridine rings is 1. The van der Waals surface area contributed by atoms with Gasteiger partial charge in [0.2, 0.25) is 5.88 Å².